The molecule has 3 aromatic carbocycles. The van der Waals surface area contributed by atoms with Crippen LogP contribution in [0.5, 0.6) is 0 Å². The van der Waals surface area contributed by atoms with Gasteiger partial charge in [0.2, 0.25) is 5.91 Å². The van der Waals surface area contributed by atoms with Crippen LogP contribution in [0.4, 0.5) is 13.2 Å². The molecule has 0 spiro atoms. The van der Waals surface area contributed by atoms with E-state index in [2.05, 4.69) is 10.3 Å². The van der Waals surface area contributed by atoms with E-state index in [4.69, 9.17) is 0 Å². The normalized spacial score (nSPS) is 14.0. The summed E-state index contributed by atoms with van der Waals surface area (Å²) in [7, 11) is 0. The molecule has 0 bridgehead atoms. The van der Waals surface area contributed by atoms with Crippen LogP contribution in [-0.2, 0) is 22.9 Å². The van der Waals surface area contributed by atoms with E-state index in [9.17, 15) is 18.0 Å². The Morgan fingerprint density at radius 1 is 0.833 bits per heavy atom. The summed E-state index contributed by atoms with van der Waals surface area (Å²) in [5, 5.41) is 3.17. The highest BCUT2D eigenvalue weighted by Crippen LogP contribution is 2.37. The van der Waals surface area contributed by atoms with Crippen molar-refractivity contribution in [3.63, 3.8) is 0 Å². The molecule has 0 fully saturated rings. The topological polar surface area (TPSA) is 42.0 Å². The first-order valence-corrected chi connectivity index (χ1v) is 11.8. The summed E-state index contributed by atoms with van der Waals surface area (Å²) >= 11 is 0. The number of benzene rings is 3. The molecule has 1 heterocycles. The molecule has 0 saturated carbocycles. The van der Waals surface area contributed by atoms with Crippen molar-refractivity contribution < 1.29 is 18.0 Å². The summed E-state index contributed by atoms with van der Waals surface area (Å²) in [6.07, 6.45) is -2.19. The van der Waals surface area contributed by atoms with E-state index < -0.39 is 23.2 Å². The second kappa shape index (κ2) is 10.8. The summed E-state index contributed by atoms with van der Waals surface area (Å²) in [6.45, 7) is 1.92. The van der Waals surface area contributed by atoms with Gasteiger partial charge in [0.1, 0.15) is 5.54 Å². The molecule has 0 saturated heterocycles. The molecular weight excluding hydrogens is 461 g/mol. The number of hydrogen-bond acceptors (Lipinski definition) is 2. The Morgan fingerprint density at radius 2 is 1.47 bits per heavy atom. The molecular formula is C30H27F3N2O. The van der Waals surface area contributed by atoms with Crippen molar-refractivity contribution in [2.45, 2.75) is 37.4 Å². The lowest BCUT2D eigenvalue weighted by atomic mass is 9.79. The van der Waals surface area contributed by atoms with Crippen LogP contribution in [0.2, 0.25) is 0 Å². The summed E-state index contributed by atoms with van der Waals surface area (Å²) in [5.41, 5.74) is 0.367. The van der Waals surface area contributed by atoms with Gasteiger partial charge in [-0.05, 0) is 47.4 Å². The third-order valence-electron chi connectivity index (χ3n) is 6.36. The summed E-state index contributed by atoms with van der Waals surface area (Å²) in [5.74, 6) is -0.751. The maximum absolute atomic E-state index is 13.8. The number of amides is 1. The van der Waals surface area contributed by atoms with Crippen LogP contribution in [0.3, 0.4) is 0 Å². The number of rotatable bonds is 8. The molecule has 3 nitrogen and oxygen atoms in total. The minimum Gasteiger partial charge on any atom is -0.340 e. The molecule has 1 aromatic heterocycles. The van der Waals surface area contributed by atoms with Crippen LogP contribution >= 0.6 is 0 Å². The van der Waals surface area contributed by atoms with Crippen molar-refractivity contribution in [2.75, 3.05) is 0 Å². The first-order valence-electron chi connectivity index (χ1n) is 11.8. The number of carbonyl (C=O) groups is 1. The quantitative estimate of drug-likeness (QED) is 0.293. The zero-order valence-electron chi connectivity index (χ0n) is 19.9. The zero-order chi connectivity index (χ0) is 25.6. The molecule has 2 atom stereocenters. The predicted molar refractivity (Wildman–Crippen MR) is 134 cm³/mol. The number of pyridine rings is 1. The third kappa shape index (κ3) is 5.48. The van der Waals surface area contributed by atoms with Gasteiger partial charge in [0.05, 0.1) is 17.2 Å². The number of alkyl halides is 3. The number of nitrogens with zero attached hydrogens (tertiary/aromatic N) is 1. The van der Waals surface area contributed by atoms with Crippen LogP contribution in [0.25, 0.3) is 0 Å². The van der Waals surface area contributed by atoms with Crippen LogP contribution < -0.4 is 5.32 Å². The molecule has 1 N–H and O–H groups in total. The number of halogens is 3. The fourth-order valence-electron chi connectivity index (χ4n) is 4.55. The van der Waals surface area contributed by atoms with Gasteiger partial charge in [-0.15, -0.1) is 0 Å². The highest BCUT2D eigenvalue weighted by Gasteiger charge is 2.41. The van der Waals surface area contributed by atoms with Crippen LogP contribution in [0.1, 0.15) is 47.2 Å². The van der Waals surface area contributed by atoms with Crippen LogP contribution in [0.15, 0.2) is 109 Å². The van der Waals surface area contributed by atoms with Gasteiger partial charge in [-0.3, -0.25) is 9.78 Å². The molecule has 4 rings (SSSR count). The van der Waals surface area contributed by atoms with Gasteiger partial charge in [0, 0.05) is 12.6 Å². The standard InChI is InChI=1S/C30H27F3N2O/c1-2-26(23-14-7-4-8-15-23)28(36)35-29(27-18-9-10-19-34-27,21-22-12-5-3-6-13-22)24-16-11-17-25(20-24)30(31,32)33/h3-20,26H,2,21H2,1H3,(H,35,36). The van der Waals surface area contributed by atoms with Gasteiger partial charge in [0.25, 0.3) is 0 Å². The Hall–Kier alpha value is -3.93. The third-order valence-corrected chi connectivity index (χ3v) is 6.36. The summed E-state index contributed by atoms with van der Waals surface area (Å²) < 4.78 is 41.2. The maximum atomic E-state index is 13.8. The molecule has 6 heteroatoms. The van der Waals surface area contributed by atoms with Gasteiger partial charge >= 0.3 is 6.18 Å². The van der Waals surface area contributed by atoms with E-state index in [0.29, 0.717) is 17.7 Å². The molecule has 184 valence electrons. The van der Waals surface area contributed by atoms with Gasteiger partial charge in [-0.2, -0.15) is 13.2 Å². The van der Waals surface area contributed by atoms with Crippen molar-refractivity contribution in [2.24, 2.45) is 0 Å². The number of carbonyl (C=O) groups excluding carboxylic acids is 1. The van der Waals surface area contributed by atoms with Crippen molar-refractivity contribution in [1.82, 2.24) is 10.3 Å². The van der Waals surface area contributed by atoms with E-state index in [1.54, 1.807) is 30.5 Å². The average molecular weight is 489 g/mol. The van der Waals surface area contributed by atoms with Crippen molar-refractivity contribution >= 4 is 5.91 Å². The highest BCUT2D eigenvalue weighted by atomic mass is 19.4. The second-order valence-electron chi connectivity index (χ2n) is 8.72. The summed E-state index contributed by atoms with van der Waals surface area (Å²) in [6, 6.07) is 29.2. The van der Waals surface area contributed by atoms with E-state index in [1.807, 2.05) is 67.6 Å². The first kappa shape index (κ1) is 25.2. The Bertz CT molecular complexity index is 1280. The van der Waals surface area contributed by atoms with Gasteiger partial charge < -0.3 is 5.32 Å². The zero-order valence-corrected chi connectivity index (χ0v) is 19.9. The molecule has 4 aromatic rings. The van der Waals surface area contributed by atoms with Crippen molar-refractivity contribution in [3.05, 3.63) is 137 Å². The van der Waals surface area contributed by atoms with E-state index >= 15 is 0 Å². The van der Waals surface area contributed by atoms with E-state index in [-0.39, 0.29) is 12.3 Å². The SMILES string of the molecule is CCC(C(=O)NC(Cc1ccccc1)(c1cccc(C(F)(F)F)c1)c1ccccn1)c1ccccc1. The molecule has 0 aliphatic heterocycles. The van der Waals surface area contributed by atoms with E-state index in [1.165, 1.54) is 6.07 Å². The van der Waals surface area contributed by atoms with Crippen molar-refractivity contribution in [3.8, 4) is 0 Å². The Labute approximate surface area is 209 Å². The highest BCUT2D eigenvalue weighted by molar-refractivity contribution is 5.85. The number of hydrogen-bond donors (Lipinski definition) is 1. The maximum Gasteiger partial charge on any atom is 0.416 e. The van der Waals surface area contributed by atoms with Gasteiger partial charge in [0.15, 0.2) is 0 Å². The lowest BCUT2D eigenvalue weighted by Crippen LogP contribution is -2.50. The van der Waals surface area contributed by atoms with Crippen LogP contribution in [0, 0.1) is 0 Å². The van der Waals surface area contributed by atoms with Crippen molar-refractivity contribution in [1.29, 1.82) is 0 Å². The fraction of sp³-hybridized carbons (Fsp3) is 0.200. The number of nitrogens with one attached hydrogen (secondary N) is 1. The second-order valence-corrected chi connectivity index (χ2v) is 8.72. The lowest BCUT2D eigenvalue weighted by molar-refractivity contribution is -0.137. The average Bonchev–Trinajstić information content (AvgIpc) is 2.90. The fourth-order valence-corrected chi connectivity index (χ4v) is 4.55. The minimum atomic E-state index is -4.53. The Balaban J connectivity index is 1.90. The number of aromatic nitrogens is 1. The predicted octanol–water partition coefficient (Wildman–Crippen LogP) is 6.90. The van der Waals surface area contributed by atoms with Gasteiger partial charge in [-0.25, -0.2) is 0 Å². The van der Waals surface area contributed by atoms with Gasteiger partial charge in [-0.1, -0.05) is 85.8 Å². The van der Waals surface area contributed by atoms with Crippen LogP contribution in [-0.4, -0.2) is 10.9 Å². The van der Waals surface area contributed by atoms with E-state index in [0.717, 1.165) is 23.3 Å². The minimum absolute atomic E-state index is 0.225. The lowest BCUT2D eigenvalue weighted by Gasteiger charge is -2.37. The molecule has 2 unspecified atom stereocenters. The first-order chi connectivity index (χ1) is 17.3. The largest absolute Gasteiger partial charge is 0.416 e. The molecule has 1 amide bonds. The summed E-state index contributed by atoms with van der Waals surface area (Å²) in [4.78, 5) is 18.4. The smallest absolute Gasteiger partial charge is 0.340 e. The molecule has 0 radical (unpaired) electrons. The Morgan fingerprint density at radius 3 is 2.08 bits per heavy atom. The molecule has 0 aliphatic carbocycles. The Kier molecular flexibility index (Phi) is 7.53. The molecule has 0 aliphatic rings. The monoisotopic (exact) mass is 488 g/mol. The molecule has 36 heavy (non-hydrogen) atoms.